The quantitative estimate of drug-likeness (QED) is 0.849. The van der Waals surface area contributed by atoms with Crippen LogP contribution in [0.25, 0.3) is 11.2 Å². The van der Waals surface area contributed by atoms with Gasteiger partial charge in [0.2, 0.25) is 5.91 Å². The molecule has 0 N–H and O–H groups in total. The van der Waals surface area contributed by atoms with Crippen LogP contribution in [-0.2, 0) is 11.3 Å². The Balaban J connectivity index is 1.62. The number of rotatable bonds is 3. The number of hydrogen-bond donors (Lipinski definition) is 0. The van der Waals surface area contributed by atoms with Crippen LogP contribution in [0.4, 0.5) is 0 Å². The molecule has 140 valence electrons. The van der Waals surface area contributed by atoms with Gasteiger partial charge >= 0.3 is 5.69 Å². The first-order valence-electron chi connectivity index (χ1n) is 9.90. The Hall–Kier alpha value is -2.11. The van der Waals surface area contributed by atoms with Crippen molar-refractivity contribution in [3.8, 4) is 0 Å². The van der Waals surface area contributed by atoms with Crippen molar-refractivity contribution in [2.24, 2.45) is 5.41 Å². The molecule has 26 heavy (non-hydrogen) atoms. The summed E-state index contributed by atoms with van der Waals surface area (Å²) in [4.78, 5) is 32.5. The van der Waals surface area contributed by atoms with E-state index in [0.717, 1.165) is 49.8 Å². The maximum atomic E-state index is 13.1. The summed E-state index contributed by atoms with van der Waals surface area (Å²) < 4.78 is 3.59. The zero-order valence-corrected chi connectivity index (χ0v) is 15.8. The molecule has 1 unspecified atom stereocenters. The van der Waals surface area contributed by atoms with Gasteiger partial charge in [-0.2, -0.15) is 0 Å². The molecule has 2 aliphatic rings. The van der Waals surface area contributed by atoms with Crippen LogP contribution in [-0.4, -0.2) is 38.0 Å². The molecule has 2 aromatic heterocycles. The van der Waals surface area contributed by atoms with Crippen LogP contribution in [0.15, 0.2) is 23.1 Å². The smallest absolute Gasteiger partial charge is 0.330 e. The zero-order chi connectivity index (χ0) is 18.3. The number of aryl methyl sites for hydroxylation is 1. The average molecular weight is 356 g/mol. The molecule has 0 aromatic carbocycles. The number of hydrogen-bond acceptors (Lipinski definition) is 3. The Morgan fingerprint density at radius 3 is 2.81 bits per heavy atom. The third-order valence-electron chi connectivity index (χ3n) is 6.33. The summed E-state index contributed by atoms with van der Waals surface area (Å²) in [5, 5.41) is 0. The number of amides is 1. The molecule has 0 bridgehead atoms. The Bertz CT molecular complexity index is 876. The van der Waals surface area contributed by atoms with Gasteiger partial charge in [0.15, 0.2) is 5.65 Å². The molecule has 3 heterocycles. The highest BCUT2D eigenvalue weighted by molar-refractivity contribution is 5.82. The van der Waals surface area contributed by atoms with Gasteiger partial charge in [0.25, 0.3) is 0 Å². The molecule has 2 aromatic rings. The summed E-state index contributed by atoms with van der Waals surface area (Å²) in [5.41, 5.74) is 1.39. The van der Waals surface area contributed by atoms with Gasteiger partial charge < -0.3 is 4.90 Å². The second-order valence-corrected chi connectivity index (χ2v) is 8.06. The van der Waals surface area contributed by atoms with Gasteiger partial charge in [-0.3, -0.25) is 13.9 Å². The van der Waals surface area contributed by atoms with Crippen LogP contribution in [0, 0.1) is 5.41 Å². The molecule has 2 fully saturated rings. The molecule has 6 heteroatoms. The first-order valence-corrected chi connectivity index (χ1v) is 9.90. The Morgan fingerprint density at radius 2 is 2.08 bits per heavy atom. The summed E-state index contributed by atoms with van der Waals surface area (Å²) in [7, 11) is 0. The summed E-state index contributed by atoms with van der Waals surface area (Å²) in [6.45, 7) is 6.08. The highest BCUT2D eigenvalue weighted by Crippen LogP contribution is 2.39. The molecule has 1 aliphatic heterocycles. The summed E-state index contributed by atoms with van der Waals surface area (Å²) >= 11 is 0. The molecule has 1 atom stereocenters. The summed E-state index contributed by atoms with van der Waals surface area (Å²) in [5.74, 6) is 0.278. The van der Waals surface area contributed by atoms with E-state index in [2.05, 4.69) is 11.9 Å². The van der Waals surface area contributed by atoms with Crippen molar-refractivity contribution in [3.05, 3.63) is 28.8 Å². The fourth-order valence-corrected chi connectivity index (χ4v) is 4.81. The van der Waals surface area contributed by atoms with Gasteiger partial charge in [-0.25, -0.2) is 9.78 Å². The number of pyridine rings is 1. The van der Waals surface area contributed by atoms with E-state index in [-0.39, 0.29) is 23.1 Å². The second kappa shape index (κ2) is 6.56. The van der Waals surface area contributed by atoms with Gasteiger partial charge in [0, 0.05) is 31.2 Å². The third kappa shape index (κ3) is 2.66. The molecule has 6 nitrogen and oxygen atoms in total. The van der Waals surface area contributed by atoms with Gasteiger partial charge in [-0.05, 0) is 38.3 Å². The van der Waals surface area contributed by atoms with Crippen LogP contribution in [0.2, 0.25) is 0 Å². The number of carbonyl (C=O) groups is 1. The lowest BCUT2D eigenvalue weighted by Gasteiger charge is -2.35. The van der Waals surface area contributed by atoms with Gasteiger partial charge in [-0.1, -0.05) is 26.2 Å². The minimum Gasteiger partial charge on any atom is -0.340 e. The first-order chi connectivity index (χ1) is 12.5. The average Bonchev–Trinajstić information content (AvgIpc) is 3.23. The van der Waals surface area contributed by atoms with Crippen molar-refractivity contribution >= 4 is 17.1 Å². The van der Waals surface area contributed by atoms with Crippen molar-refractivity contribution in [3.63, 3.8) is 0 Å². The van der Waals surface area contributed by atoms with E-state index >= 15 is 0 Å². The fourth-order valence-electron chi connectivity index (χ4n) is 4.81. The monoisotopic (exact) mass is 356 g/mol. The number of imidazole rings is 1. The van der Waals surface area contributed by atoms with Crippen molar-refractivity contribution in [2.45, 2.75) is 65.0 Å². The molecular formula is C20H28N4O2. The SMILES string of the molecule is CCn1c(=O)n(C2CCN(C(=O)C3(C)CCCCC3)C2)c2ncccc21. The van der Waals surface area contributed by atoms with Crippen molar-refractivity contribution in [1.29, 1.82) is 0 Å². The molecule has 1 aliphatic carbocycles. The number of aromatic nitrogens is 3. The van der Waals surface area contributed by atoms with Crippen LogP contribution < -0.4 is 5.69 Å². The summed E-state index contributed by atoms with van der Waals surface area (Å²) in [6.07, 6.45) is 8.07. The van der Waals surface area contributed by atoms with Gasteiger partial charge in [0.05, 0.1) is 11.6 Å². The number of fused-ring (bicyclic) bond motifs is 1. The minimum atomic E-state index is -0.215. The van der Waals surface area contributed by atoms with E-state index in [0.29, 0.717) is 13.1 Å². The molecule has 1 saturated heterocycles. The minimum absolute atomic E-state index is 0.00984. The lowest BCUT2D eigenvalue weighted by molar-refractivity contribution is -0.142. The zero-order valence-electron chi connectivity index (χ0n) is 15.8. The van der Waals surface area contributed by atoms with E-state index in [1.54, 1.807) is 10.8 Å². The third-order valence-corrected chi connectivity index (χ3v) is 6.33. The maximum absolute atomic E-state index is 13.1. The molecule has 0 radical (unpaired) electrons. The lowest BCUT2D eigenvalue weighted by Crippen LogP contribution is -2.42. The second-order valence-electron chi connectivity index (χ2n) is 8.06. The van der Waals surface area contributed by atoms with Crippen molar-refractivity contribution < 1.29 is 4.79 Å². The van der Waals surface area contributed by atoms with Crippen LogP contribution in [0.1, 0.15) is 58.4 Å². The van der Waals surface area contributed by atoms with E-state index < -0.39 is 0 Å². The van der Waals surface area contributed by atoms with E-state index in [4.69, 9.17) is 0 Å². The first kappa shape index (κ1) is 17.3. The maximum Gasteiger partial charge on any atom is 0.330 e. The molecular weight excluding hydrogens is 328 g/mol. The number of likely N-dealkylation sites (tertiary alicyclic amines) is 1. The van der Waals surface area contributed by atoms with Crippen LogP contribution >= 0.6 is 0 Å². The molecule has 1 amide bonds. The number of carbonyl (C=O) groups excluding carboxylic acids is 1. The fraction of sp³-hybridized carbons (Fsp3) is 0.650. The largest absolute Gasteiger partial charge is 0.340 e. The predicted octanol–water partition coefficient (Wildman–Crippen LogP) is 2.96. The molecule has 4 rings (SSSR count). The van der Waals surface area contributed by atoms with Crippen molar-refractivity contribution in [1.82, 2.24) is 19.0 Å². The lowest BCUT2D eigenvalue weighted by atomic mass is 9.75. The highest BCUT2D eigenvalue weighted by atomic mass is 16.2. The van der Waals surface area contributed by atoms with Crippen LogP contribution in [0.3, 0.4) is 0 Å². The Labute approximate surface area is 153 Å². The Kier molecular flexibility index (Phi) is 4.37. The summed E-state index contributed by atoms with van der Waals surface area (Å²) in [6, 6.07) is 3.83. The van der Waals surface area contributed by atoms with Crippen molar-refractivity contribution in [2.75, 3.05) is 13.1 Å². The highest BCUT2D eigenvalue weighted by Gasteiger charge is 2.40. The van der Waals surface area contributed by atoms with E-state index in [1.165, 1.54) is 6.42 Å². The molecule has 0 spiro atoms. The van der Waals surface area contributed by atoms with Gasteiger partial charge in [0.1, 0.15) is 0 Å². The predicted molar refractivity (Wildman–Crippen MR) is 101 cm³/mol. The normalized spacial score (nSPS) is 22.8. The van der Waals surface area contributed by atoms with Crippen LogP contribution in [0.5, 0.6) is 0 Å². The number of nitrogens with zero attached hydrogens (tertiary/aromatic N) is 4. The topological polar surface area (TPSA) is 60.1 Å². The van der Waals surface area contributed by atoms with E-state index in [9.17, 15) is 9.59 Å². The standard InChI is InChI=1S/C20H28N4O2/c1-3-23-16-8-7-12-21-17(16)24(19(23)26)15-9-13-22(14-15)18(25)20(2)10-5-4-6-11-20/h7-8,12,15H,3-6,9-11,13-14H2,1-2H3. The van der Waals surface area contributed by atoms with E-state index in [1.807, 2.05) is 28.5 Å². The molecule has 1 saturated carbocycles. The Morgan fingerprint density at radius 1 is 1.31 bits per heavy atom. The van der Waals surface area contributed by atoms with Gasteiger partial charge in [-0.15, -0.1) is 0 Å².